The Balaban J connectivity index is 2.15. The van der Waals surface area contributed by atoms with Gasteiger partial charge in [-0.05, 0) is 19.2 Å². The molecule has 3 N–H and O–H groups in total. The molecule has 20 heavy (non-hydrogen) atoms. The van der Waals surface area contributed by atoms with Gasteiger partial charge in [0.1, 0.15) is 0 Å². The summed E-state index contributed by atoms with van der Waals surface area (Å²) in [5.41, 5.74) is 4.48. The molecule has 0 atom stereocenters. The lowest BCUT2D eigenvalue weighted by Gasteiger charge is -2.23. The number of rotatable bonds is 2. The maximum absolute atomic E-state index is 11.9. The number of aromatic nitrogens is 3. The Morgan fingerprint density at radius 1 is 1.45 bits per heavy atom. The number of nitrogens with two attached hydrogens (primary N) is 1. The largest absolute Gasteiger partial charge is 0.302 e. The molecule has 1 aliphatic rings. The summed E-state index contributed by atoms with van der Waals surface area (Å²) in [6, 6.07) is 5.62. The van der Waals surface area contributed by atoms with E-state index >= 15 is 0 Å². The lowest BCUT2D eigenvalue weighted by atomic mass is 10.1. The molecule has 0 spiro atoms. The highest BCUT2D eigenvalue weighted by molar-refractivity contribution is 5.93. The number of carbonyl (C=O) groups is 1. The Hall–Kier alpha value is -2.25. The fourth-order valence-electron chi connectivity index (χ4n) is 2.47. The highest BCUT2D eigenvalue weighted by atomic mass is 16.2. The zero-order chi connectivity index (χ0) is 14.1. The van der Waals surface area contributed by atoms with E-state index in [0.717, 1.165) is 24.2 Å². The van der Waals surface area contributed by atoms with Crippen LogP contribution in [0.25, 0.3) is 5.82 Å². The normalized spacial score (nSPS) is 14.9. The van der Waals surface area contributed by atoms with Crippen LogP contribution in [0.2, 0.25) is 0 Å². The molecule has 3 rings (SSSR count). The van der Waals surface area contributed by atoms with Crippen molar-refractivity contribution in [2.75, 3.05) is 13.6 Å². The first-order valence-electron chi connectivity index (χ1n) is 6.42. The number of hydrazine groups is 1. The molecule has 0 radical (unpaired) electrons. The topological polar surface area (TPSA) is 89.1 Å². The second-order valence-corrected chi connectivity index (χ2v) is 4.83. The van der Waals surface area contributed by atoms with Gasteiger partial charge in [-0.2, -0.15) is 5.10 Å². The van der Waals surface area contributed by atoms with Crippen LogP contribution in [0.5, 0.6) is 0 Å². The molecule has 0 bridgehead atoms. The summed E-state index contributed by atoms with van der Waals surface area (Å²) >= 11 is 0. The van der Waals surface area contributed by atoms with E-state index in [1.165, 1.54) is 0 Å². The van der Waals surface area contributed by atoms with E-state index in [-0.39, 0.29) is 5.91 Å². The summed E-state index contributed by atoms with van der Waals surface area (Å²) in [6.45, 7) is 1.61. The van der Waals surface area contributed by atoms with Gasteiger partial charge in [0.05, 0.1) is 5.69 Å². The third-order valence-electron chi connectivity index (χ3n) is 3.46. The summed E-state index contributed by atoms with van der Waals surface area (Å²) in [5.74, 6) is 5.58. The molecule has 2 aromatic rings. The van der Waals surface area contributed by atoms with Crippen LogP contribution in [-0.4, -0.2) is 39.2 Å². The fourth-order valence-corrected chi connectivity index (χ4v) is 2.47. The van der Waals surface area contributed by atoms with Gasteiger partial charge in [-0.25, -0.2) is 15.5 Å². The Morgan fingerprint density at radius 3 is 3.00 bits per heavy atom. The average Bonchev–Trinajstić information content (AvgIpc) is 2.86. The maximum atomic E-state index is 11.9. The first kappa shape index (κ1) is 12.8. The molecule has 1 amide bonds. The third-order valence-corrected chi connectivity index (χ3v) is 3.46. The second kappa shape index (κ2) is 5.03. The van der Waals surface area contributed by atoms with Crippen LogP contribution >= 0.6 is 0 Å². The van der Waals surface area contributed by atoms with Gasteiger partial charge in [-0.15, -0.1) is 0 Å². The van der Waals surface area contributed by atoms with Crippen molar-refractivity contribution in [1.82, 2.24) is 25.1 Å². The Labute approximate surface area is 116 Å². The molecule has 0 saturated carbocycles. The van der Waals surface area contributed by atoms with Crippen LogP contribution in [0.4, 0.5) is 0 Å². The minimum Gasteiger partial charge on any atom is -0.302 e. The molecule has 2 aromatic heterocycles. The van der Waals surface area contributed by atoms with Crippen molar-refractivity contribution in [3.05, 3.63) is 41.3 Å². The summed E-state index contributed by atoms with van der Waals surface area (Å²) in [6.07, 6.45) is 2.54. The minimum atomic E-state index is -0.369. The molecular weight excluding hydrogens is 256 g/mol. The van der Waals surface area contributed by atoms with Crippen molar-refractivity contribution < 1.29 is 4.79 Å². The number of pyridine rings is 1. The Bertz CT molecular complexity index is 636. The first-order chi connectivity index (χ1) is 9.70. The van der Waals surface area contributed by atoms with Crippen LogP contribution in [0.3, 0.4) is 0 Å². The van der Waals surface area contributed by atoms with Gasteiger partial charge in [0, 0.05) is 31.3 Å². The van der Waals surface area contributed by atoms with E-state index in [1.54, 1.807) is 10.9 Å². The van der Waals surface area contributed by atoms with Gasteiger partial charge in [0.2, 0.25) is 0 Å². The van der Waals surface area contributed by atoms with Crippen molar-refractivity contribution >= 4 is 5.91 Å². The predicted octanol–water partition coefficient (Wildman–Crippen LogP) is -0.141. The number of carbonyl (C=O) groups excluding carboxylic acids is 1. The number of nitrogen functional groups attached to an aromatic ring is 1. The predicted molar refractivity (Wildman–Crippen MR) is 73.1 cm³/mol. The van der Waals surface area contributed by atoms with E-state index in [9.17, 15) is 4.79 Å². The monoisotopic (exact) mass is 272 g/mol. The zero-order valence-corrected chi connectivity index (χ0v) is 11.2. The molecule has 0 fully saturated rings. The van der Waals surface area contributed by atoms with E-state index in [0.29, 0.717) is 18.1 Å². The molecule has 0 saturated heterocycles. The van der Waals surface area contributed by atoms with Gasteiger partial charge in [0.25, 0.3) is 5.91 Å². The molecule has 1 aliphatic heterocycles. The van der Waals surface area contributed by atoms with Crippen molar-refractivity contribution in [3.63, 3.8) is 0 Å². The summed E-state index contributed by atoms with van der Waals surface area (Å²) in [7, 11) is 2.02. The number of hydrogen-bond donors (Lipinski definition) is 2. The third kappa shape index (κ3) is 2.06. The molecular formula is C13H16N6O. The van der Waals surface area contributed by atoms with Crippen LogP contribution < -0.4 is 11.3 Å². The highest BCUT2D eigenvalue weighted by Gasteiger charge is 2.27. The second-order valence-electron chi connectivity index (χ2n) is 4.83. The molecule has 3 heterocycles. The smallest absolute Gasteiger partial charge is 0.286 e. The molecule has 7 nitrogen and oxygen atoms in total. The number of amides is 1. The van der Waals surface area contributed by atoms with E-state index in [4.69, 9.17) is 5.84 Å². The van der Waals surface area contributed by atoms with E-state index in [2.05, 4.69) is 20.4 Å². The SMILES string of the molecule is CN1CCc2c(c(C(=O)NN)nn2-c2ccccn2)C1. The van der Waals surface area contributed by atoms with Gasteiger partial charge in [-0.3, -0.25) is 10.2 Å². The van der Waals surface area contributed by atoms with E-state index < -0.39 is 0 Å². The average molecular weight is 272 g/mol. The number of likely N-dealkylation sites (N-methyl/N-ethyl adjacent to an activating group) is 1. The van der Waals surface area contributed by atoms with Crippen molar-refractivity contribution in [3.8, 4) is 5.82 Å². The Morgan fingerprint density at radius 2 is 2.30 bits per heavy atom. The van der Waals surface area contributed by atoms with Crippen molar-refractivity contribution in [2.24, 2.45) is 5.84 Å². The van der Waals surface area contributed by atoms with Crippen LogP contribution in [0.15, 0.2) is 24.4 Å². The Kier molecular flexibility index (Phi) is 3.21. The molecule has 104 valence electrons. The van der Waals surface area contributed by atoms with Crippen LogP contribution in [-0.2, 0) is 13.0 Å². The van der Waals surface area contributed by atoms with Crippen LogP contribution in [0.1, 0.15) is 21.7 Å². The number of fused-ring (bicyclic) bond motifs is 1. The standard InChI is InChI=1S/C13H16N6O/c1-18-7-5-10-9(8-18)12(13(20)16-14)17-19(10)11-4-2-3-6-15-11/h2-4,6H,5,7-8,14H2,1H3,(H,16,20). The first-order valence-corrected chi connectivity index (χ1v) is 6.42. The zero-order valence-electron chi connectivity index (χ0n) is 11.2. The lowest BCUT2D eigenvalue weighted by molar-refractivity contribution is 0.0946. The summed E-state index contributed by atoms with van der Waals surface area (Å²) in [5, 5.41) is 4.40. The molecule has 0 unspecified atom stereocenters. The van der Waals surface area contributed by atoms with Crippen LogP contribution in [0, 0.1) is 0 Å². The molecule has 7 heteroatoms. The number of nitrogens with one attached hydrogen (secondary N) is 1. The summed E-state index contributed by atoms with van der Waals surface area (Å²) in [4.78, 5) is 18.3. The van der Waals surface area contributed by atoms with Gasteiger partial charge in [-0.1, -0.05) is 6.07 Å². The maximum Gasteiger partial charge on any atom is 0.286 e. The highest BCUT2D eigenvalue weighted by Crippen LogP contribution is 2.23. The number of hydrogen-bond acceptors (Lipinski definition) is 5. The van der Waals surface area contributed by atoms with Gasteiger partial charge < -0.3 is 4.90 Å². The lowest BCUT2D eigenvalue weighted by Crippen LogP contribution is -2.33. The van der Waals surface area contributed by atoms with Crippen molar-refractivity contribution in [1.29, 1.82) is 0 Å². The molecule has 0 aromatic carbocycles. The molecule has 0 aliphatic carbocycles. The number of nitrogens with zero attached hydrogens (tertiary/aromatic N) is 4. The van der Waals surface area contributed by atoms with E-state index in [1.807, 2.05) is 25.2 Å². The van der Waals surface area contributed by atoms with Gasteiger partial charge >= 0.3 is 0 Å². The quantitative estimate of drug-likeness (QED) is 0.451. The van der Waals surface area contributed by atoms with Crippen molar-refractivity contribution in [2.45, 2.75) is 13.0 Å². The van der Waals surface area contributed by atoms with Gasteiger partial charge in [0.15, 0.2) is 11.5 Å². The summed E-state index contributed by atoms with van der Waals surface area (Å²) < 4.78 is 1.74. The minimum absolute atomic E-state index is 0.369. The fraction of sp³-hybridized carbons (Fsp3) is 0.308.